The van der Waals surface area contributed by atoms with Gasteiger partial charge in [-0.25, -0.2) is 4.79 Å². The first kappa shape index (κ1) is 17.6. The summed E-state index contributed by atoms with van der Waals surface area (Å²) in [5.74, 6) is -1.73. The highest BCUT2D eigenvalue weighted by molar-refractivity contribution is 7.99. The Morgan fingerprint density at radius 3 is 2.57 bits per heavy atom. The molecule has 0 saturated heterocycles. The third-order valence-corrected chi connectivity index (χ3v) is 5.13. The number of ketones is 1. The maximum absolute atomic E-state index is 12.8. The van der Waals surface area contributed by atoms with Gasteiger partial charge in [0.15, 0.2) is 17.6 Å². The first-order valence-corrected chi connectivity index (χ1v) is 9.04. The zero-order chi connectivity index (χ0) is 17.0. The largest absolute Gasteiger partial charge is 0.507 e. The van der Waals surface area contributed by atoms with Crippen LogP contribution >= 0.6 is 11.8 Å². The molecule has 1 aliphatic heterocycles. The maximum atomic E-state index is 12.8. The number of hydrogen-bond acceptors (Lipinski definition) is 5. The number of carbonyl (C=O) groups is 2. The van der Waals surface area contributed by atoms with Crippen LogP contribution in [0.3, 0.4) is 0 Å². The highest BCUT2D eigenvalue weighted by Gasteiger charge is 2.40. The second-order valence-corrected chi connectivity index (χ2v) is 6.95. The van der Waals surface area contributed by atoms with E-state index in [1.807, 2.05) is 50.4 Å². The van der Waals surface area contributed by atoms with Crippen molar-refractivity contribution in [1.82, 2.24) is 0 Å². The molecule has 0 saturated carbocycles. The van der Waals surface area contributed by atoms with Crippen LogP contribution in [0.2, 0.25) is 0 Å². The van der Waals surface area contributed by atoms with Crippen molar-refractivity contribution in [3.8, 4) is 0 Å². The standard InChI is InChI=1S/C18H22O4S/c1-4-13(12-8-6-5-7-9-12)16(19)15-17(20)14(22-18(15)21)10-11(2)23-3/h5-9,11,13-14,20H,4,10H2,1-3H3. The highest BCUT2D eigenvalue weighted by Crippen LogP contribution is 2.32. The van der Waals surface area contributed by atoms with Gasteiger partial charge in [-0.3, -0.25) is 4.79 Å². The molecule has 1 aliphatic rings. The molecule has 0 amide bonds. The normalized spacial score (nSPS) is 20.3. The van der Waals surface area contributed by atoms with Gasteiger partial charge in [-0.1, -0.05) is 44.2 Å². The Balaban J connectivity index is 2.27. The quantitative estimate of drug-likeness (QED) is 0.609. The SMILES string of the molecule is CCC(C(=O)C1=C(O)C(CC(C)SC)OC1=O)c1ccccc1. The third-order valence-electron chi connectivity index (χ3n) is 4.14. The van der Waals surface area contributed by atoms with E-state index in [0.29, 0.717) is 12.8 Å². The predicted octanol–water partition coefficient (Wildman–Crippen LogP) is 3.63. The molecule has 0 radical (unpaired) electrons. The van der Waals surface area contributed by atoms with E-state index in [4.69, 9.17) is 4.74 Å². The fourth-order valence-corrected chi connectivity index (χ4v) is 3.09. The maximum Gasteiger partial charge on any atom is 0.346 e. The minimum atomic E-state index is -0.711. The van der Waals surface area contributed by atoms with Gasteiger partial charge in [-0.2, -0.15) is 11.8 Å². The van der Waals surface area contributed by atoms with Crippen LogP contribution < -0.4 is 0 Å². The van der Waals surface area contributed by atoms with E-state index in [1.54, 1.807) is 11.8 Å². The van der Waals surface area contributed by atoms with E-state index < -0.39 is 18.0 Å². The zero-order valence-electron chi connectivity index (χ0n) is 13.6. The topological polar surface area (TPSA) is 63.6 Å². The van der Waals surface area contributed by atoms with Crippen molar-refractivity contribution in [2.75, 3.05) is 6.26 Å². The average molecular weight is 334 g/mol. The molecule has 0 spiro atoms. The van der Waals surface area contributed by atoms with Gasteiger partial charge in [-0.05, 0) is 18.2 Å². The summed E-state index contributed by atoms with van der Waals surface area (Å²) in [6, 6.07) is 9.31. The molecule has 4 nitrogen and oxygen atoms in total. The third kappa shape index (κ3) is 3.78. The molecule has 1 aromatic rings. The molecule has 5 heteroatoms. The number of Topliss-reactive ketones (excluding diaryl/α,β-unsaturated/α-hetero) is 1. The van der Waals surface area contributed by atoms with Gasteiger partial charge in [0.05, 0.1) is 0 Å². The summed E-state index contributed by atoms with van der Waals surface area (Å²) in [5, 5.41) is 10.6. The van der Waals surface area contributed by atoms with Gasteiger partial charge in [0.2, 0.25) is 0 Å². The van der Waals surface area contributed by atoms with Gasteiger partial charge in [0.1, 0.15) is 5.57 Å². The van der Waals surface area contributed by atoms with Crippen LogP contribution in [0.1, 0.15) is 38.2 Å². The summed E-state index contributed by atoms with van der Waals surface area (Å²) < 4.78 is 5.21. The minimum absolute atomic E-state index is 0.181. The van der Waals surface area contributed by atoms with Crippen molar-refractivity contribution in [3.05, 3.63) is 47.2 Å². The number of cyclic esters (lactones) is 1. The van der Waals surface area contributed by atoms with Crippen molar-refractivity contribution < 1.29 is 19.4 Å². The van der Waals surface area contributed by atoms with Crippen LogP contribution in [-0.2, 0) is 14.3 Å². The summed E-state index contributed by atoms with van der Waals surface area (Å²) in [4.78, 5) is 24.9. The van der Waals surface area contributed by atoms with Crippen LogP contribution in [0.4, 0.5) is 0 Å². The smallest absolute Gasteiger partial charge is 0.346 e. The number of carbonyl (C=O) groups excluding carboxylic acids is 2. The molecule has 3 atom stereocenters. The minimum Gasteiger partial charge on any atom is -0.507 e. The number of esters is 1. The van der Waals surface area contributed by atoms with Crippen LogP contribution in [0.25, 0.3) is 0 Å². The Bertz CT molecular complexity index is 609. The lowest BCUT2D eigenvalue weighted by atomic mass is 9.88. The fraction of sp³-hybridized carbons (Fsp3) is 0.444. The Hall–Kier alpha value is -1.75. The number of rotatable bonds is 7. The second kappa shape index (κ2) is 7.68. The van der Waals surface area contributed by atoms with E-state index in [1.165, 1.54) is 0 Å². The Kier molecular flexibility index (Phi) is 5.88. The van der Waals surface area contributed by atoms with Crippen molar-refractivity contribution >= 4 is 23.5 Å². The molecule has 0 bridgehead atoms. The van der Waals surface area contributed by atoms with Crippen LogP contribution in [0, 0.1) is 0 Å². The second-order valence-electron chi connectivity index (χ2n) is 5.67. The van der Waals surface area contributed by atoms with Gasteiger partial charge in [0, 0.05) is 17.6 Å². The Morgan fingerprint density at radius 1 is 1.35 bits per heavy atom. The van der Waals surface area contributed by atoms with E-state index in [9.17, 15) is 14.7 Å². The van der Waals surface area contributed by atoms with Crippen molar-refractivity contribution in [2.45, 2.75) is 44.0 Å². The number of aliphatic hydroxyl groups is 1. The predicted molar refractivity (Wildman–Crippen MR) is 91.6 cm³/mol. The summed E-state index contributed by atoms with van der Waals surface area (Å²) in [7, 11) is 0. The number of hydrogen-bond donors (Lipinski definition) is 1. The highest BCUT2D eigenvalue weighted by atomic mass is 32.2. The molecule has 124 valence electrons. The van der Waals surface area contributed by atoms with Crippen LogP contribution in [0.15, 0.2) is 41.7 Å². The van der Waals surface area contributed by atoms with E-state index in [2.05, 4.69) is 0 Å². The molecule has 3 unspecified atom stereocenters. The van der Waals surface area contributed by atoms with Crippen LogP contribution in [-0.4, -0.2) is 34.5 Å². The molecule has 1 aromatic carbocycles. The molecule has 2 rings (SSSR count). The number of benzene rings is 1. The zero-order valence-corrected chi connectivity index (χ0v) is 14.4. The molecule has 1 N–H and O–H groups in total. The molecule has 0 aromatic heterocycles. The lowest BCUT2D eigenvalue weighted by Crippen LogP contribution is -2.19. The Morgan fingerprint density at radius 2 is 2.00 bits per heavy atom. The molecule has 0 aliphatic carbocycles. The number of ether oxygens (including phenoxy) is 1. The Labute approximate surface area is 140 Å². The fourth-order valence-electron chi connectivity index (χ4n) is 2.73. The molecular weight excluding hydrogens is 312 g/mol. The lowest BCUT2D eigenvalue weighted by Gasteiger charge is -2.14. The molecule has 0 fully saturated rings. The van der Waals surface area contributed by atoms with E-state index in [-0.39, 0.29) is 22.4 Å². The number of aliphatic hydroxyl groups excluding tert-OH is 1. The molecule has 23 heavy (non-hydrogen) atoms. The summed E-state index contributed by atoms with van der Waals surface area (Å²) >= 11 is 1.62. The van der Waals surface area contributed by atoms with Gasteiger partial charge in [0.25, 0.3) is 0 Å². The number of thioether (sulfide) groups is 1. The summed E-state index contributed by atoms with van der Waals surface area (Å²) in [5.41, 5.74) is 0.660. The summed E-state index contributed by atoms with van der Waals surface area (Å²) in [6.45, 7) is 3.88. The van der Waals surface area contributed by atoms with Crippen molar-refractivity contribution in [1.29, 1.82) is 0 Å². The first-order valence-electron chi connectivity index (χ1n) is 7.75. The monoisotopic (exact) mass is 334 g/mol. The average Bonchev–Trinajstić information content (AvgIpc) is 2.82. The summed E-state index contributed by atoms with van der Waals surface area (Å²) in [6.07, 6.45) is 2.30. The van der Waals surface area contributed by atoms with Crippen LogP contribution in [0.5, 0.6) is 0 Å². The van der Waals surface area contributed by atoms with Crippen molar-refractivity contribution in [3.63, 3.8) is 0 Å². The molecule has 1 heterocycles. The van der Waals surface area contributed by atoms with Gasteiger partial charge < -0.3 is 9.84 Å². The van der Waals surface area contributed by atoms with Gasteiger partial charge >= 0.3 is 5.97 Å². The van der Waals surface area contributed by atoms with Gasteiger partial charge in [-0.15, -0.1) is 0 Å². The molecular formula is C18H22O4S. The van der Waals surface area contributed by atoms with Crippen molar-refractivity contribution in [2.24, 2.45) is 0 Å². The first-order chi connectivity index (χ1) is 11.0. The van der Waals surface area contributed by atoms with E-state index >= 15 is 0 Å². The lowest BCUT2D eigenvalue weighted by molar-refractivity contribution is -0.141. The van der Waals surface area contributed by atoms with E-state index in [0.717, 1.165) is 5.56 Å².